The van der Waals surface area contributed by atoms with Crippen LogP contribution in [0.15, 0.2) is 54.2 Å². The van der Waals surface area contributed by atoms with Crippen molar-refractivity contribution in [3.63, 3.8) is 0 Å². The van der Waals surface area contributed by atoms with Crippen molar-refractivity contribution in [2.24, 2.45) is 0 Å². The molecule has 4 rings (SSSR count). The van der Waals surface area contributed by atoms with Crippen molar-refractivity contribution < 1.29 is 9.53 Å². The lowest BCUT2D eigenvalue weighted by molar-refractivity contribution is -0.112. The molecule has 0 bridgehead atoms. The summed E-state index contributed by atoms with van der Waals surface area (Å²) in [6.07, 6.45) is 2.07. The molecule has 0 aromatic heterocycles. The Bertz CT molecular complexity index is 824. The number of carbonyl (C=O) groups is 1. The highest BCUT2D eigenvalue weighted by molar-refractivity contribution is 6.35. The van der Waals surface area contributed by atoms with E-state index < -0.39 is 0 Å². The zero-order chi connectivity index (χ0) is 16.7. The van der Waals surface area contributed by atoms with Crippen LogP contribution in [0.3, 0.4) is 0 Å². The molecule has 2 aromatic rings. The van der Waals surface area contributed by atoms with E-state index in [1.54, 1.807) is 7.11 Å². The average molecular weight is 320 g/mol. The van der Waals surface area contributed by atoms with Crippen LogP contribution >= 0.6 is 0 Å². The molecule has 0 aliphatic carbocycles. The number of benzene rings is 2. The molecule has 2 aliphatic heterocycles. The molecule has 0 N–H and O–H groups in total. The minimum atomic E-state index is 0.0603. The third kappa shape index (κ3) is 2.18. The van der Waals surface area contributed by atoms with E-state index in [0.29, 0.717) is 0 Å². The van der Waals surface area contributed by atoms with E-state index >= 15 is 0 Å². The number of ether oxygens (including phenoxy) is 1. The van der Waals surface area contributed by atoms with Gasteiger partial charge in [-0.05, 0) is 43.2 Å². The number of amides is 1. The summed E-state index contributed by atoms with van der Waals surface area (Å²) in [5.41, 5.74) is 4.85. The van der Waals surface area contributed by atoms with Crippen LogP contribution in [0.4, 0.5) is 11.4 Å². The summed E-state index contributed by atoms with van der Waals surface area (Å²) in [6, 6.07) is 15.7. The molecule has 4 nitrogen and oxygen atoms in total. The summed E-state index contributed by atoms with van der Waals surface area (Å²) in [4.78, 5) is 17.3. The van der Waals surface area contributed by atoms with Gasteiger partial charge in [-0.2, -0.15) is 0 Å². The molecular formula is C20H20N2O2. The quantitative estimate of drug-likeness (QED) is 0.789. The van der Waals surface area contributed by atoms with E-state index in [0.717, 1.165) is 53.3 Å². The summed E-state index contributed by atoms with van der Waals surface area (Å²) in [5.74, 6) is 0.845. The van der Waals surface area contributed by atoms with Gasteiger partial charge in [-0.3, -0.25) is 9.69 Å². The number of hydrogen-bond donors (Lipinski definition) is 0. The first kappa shape index (κ1) is 14.8. The molecule has 4 heteroatoms. The summed E-state index contributed by atoms with van der Waals surface area (Å²) < 4.78 is 5.23. The summed E-state index contributed by atoms with van der Waals surface area (Å²) >= 11 is 0. The minimum absolute atomic E-state index is 0.0603. The van der Waals surface area contributed by atoms with Crippen molar-refractivity contribution in [3.05, 3.63) is 59.8 Å². The van der Waals surface area contributed by atoms with Gasteiger partial charge >= 0.3 is 0 Å². The maximum Gasteiger partial charge on any atom is 0.265 e. The highest BCUT2D eigenvalue weighted by Gasteiger charge is 2.37. The second-order valence-electron chi connectivity index (χ2n) is 6.20. The maximum absolute atomic E-state index is 13.3. The summed E-state index contributed by atoms with van der Waals surface area (Å²) in [7, 11) is 3.71. The van der Waals surface area contributed by atoms with Gasteiger partial charge in [-0.25, -0.2) is 0 Å². The van der Waals surface area contributed by atoms with Crippen LogP contribution in [0.1, 0.15) is 18.4 Å². The van der Waals surface area contributed by atoms with Gasteiger partial charge in [0, 0.05) is 30.5 Å². The smallest absolute Gasteiger partial charge is 0.265 e. The van der Waals surface area contributed by atoms with Crippen molar-refractivity contribution >= 4 is 22.9 Å². The number of methoxy groups -OCH3 is 1. The number of likely N-dealkylation sites (tertiary alicyclic amines) is 1. The lowest BCUT2D eigenvalue weighted by Gasteiger charge is -2.18. The number of allylic oxidation sites excluding steroid dienone is 1. The van der Waals surface area contributed by atoms with E-state index in [9.17, 15) is 4.79 Å². The van der Waals surface area contributed by atoms with Gasteiger partial charge in [0.1, 0.15) is 5.75 Å². The minimum Gasteiger partial charge on any atom is -0.497 e. The first-order valence-corrected chi connectivity index (χ1v) is 8.23. The Kier molecular flexibility index (Phi) is 3.53. The first-order valence-electron chi connectivity index (χ1n) is 8.23. The SMILES string of the molecule is COc1ccc(N2C(=O)/C(=C3\CCCN3C)c3ccccc32)cc1. The van der Waals surface area contributed by atoms with Crippen LogP contribution < -0.4 is 9.64 Å². The Morgan fingerprint density at radius 1 is 1.04 bits per heavy atom. The Morgan fingerprint density at radius 2 is 1.79 bits per heavy atom. The van der Waals surface area contributed by atoms with Crippen molar-refractivity contribution in [1.29, 1.82) is 0 Å². The molecule has 1 amide bonds. The Hall–Kier alpha value is -2.75. The monoisotopic (exact) mass is 320 g/mol. The van der Waals surface area contributed by atoms with Crippen LogP contribution in [-0.2, 0) is 4.79 Å². The molecule has 0 saturated carbocycles. The standard InChI is InChI=1S/C20H20N2O2/c1-21-13-5-8-18(21)19-16-6-3-4-7-17(16)22(20(19)23)14-9-11-15(24-2)12-10-14/h3-4,6-7,9-12H,5,8,13H2,1-2H3/b19-18+. The van der Waals surface area contributed by atoms with E-state index in [1.807, 2.05) is 53.4 Å². The maximum atomic E-state index is 13.3. The summed E-state index contributed by atoms with van der Waals surface area (Å²) in [5, 5.41) is 0. The second kappa shape index (κ2) is 5.71. The average Bonchev–Trinajstić information content (AvgIpc) is 3.15. The Labute approximate surface area is 142 Å². The van der Waals surface area contributed by atoms with Gasteiger partial charge in [0.25, 0.3) is 5.91 Å². The number of carbonyl (C=O) groups excluding carboxylic acids is 1. The molecule has 122 valence electrons. The van der Waals surface area contributed by atoms with Gasteiger partial charge in [-0.15, -0.1) is 0 Å². The van der Waals surface area contributed by atoms with E-state index in [-0.39, 0.29) is 5.91 Å². The lowest BCUT2D eigenvalue weighted by atomic mass is 10.0. The molecule has 2 aromatic carbocycles. The number of para-hydroxylation sites is 1. The fraction of sp³-hybridized carbons (Fsp3) is 0.250. The highest BCUT2D eigenvalue weighted by atomic mass is 16.5. The third-order valence-corrected chi connectivity index (χ3v) is 4.82. The van der Waals surface area contributed by atoms with Gasteiger partial charge in [0.15, 0.2) is 0 Å². The highest BCUT2D eigenvalue weighted by Crippen LogP contribution is 2.44. The fourth-order valence-electron chi connectivity index (χ4n) is 3.61. The topological polar surface area (TPSA) is 32.8 Å². The molecule has 0 unspecified atom stereocenters. The van der Waals surface area contributed by atoms with E-state index in [2.05, 4.69) is 11.9 Å². The molecule has 1 saturated heterocycles. The lowest BCUT2D eigenvalue weighted by Crippen LogP contribution is -2.22. The zero-order valence-corrected chi connectivity index (χ0v) is 14.0. The Balaban J connectivity index is 1.86. The third-order valence-electron chi connectivity index (χ3n) is 4.82. The zero-order valence-electron chi connectivity index (χ0n) is 14.0. The number of rotatable bonds is 2. The van der Waals surface area contributed by atoms with E-state index in [4.69, 9.17) is 4.74 Å². The van der Waals surface area contributed by atoms with Crippen molar-refractivity contribution in [2.45, 2.75) is 12.8 Å². The van der Waals surface area contributed by atoms with Gasteiger partial charge in [0.05, 0.1) is 18.4 Å². The van der Waals surface area contributed by atoms with E-state index in [1.165, 1.54) is 0 Å². The molecule has 0 atom stereocenters. The van der Waals surface area contributed by atoms with Gasteiger partial charge < -0.3 is 9.64 Å². The first-order chi connectivity index (χ1) is 11.7. The number of nitrogens with zero attached hydrogens (tertiary/aromatic N) is 2. The normalized spacial score (nSPS) is 19.8. The van der Waals surface area contributed by atoms with Crippen LogP contribution in [-0.4, -0.2) is 31.5 Å². The van der Waals surface area contributed by atoms with Crippen molar-refractivity contribution in [1.82, 2.24) is 4.90 Å². The molecule has 24 heavy (non-hydrogen) atoms. The molecular weight excluding hydrogens is 300 g/mol. The molecule has 1 fully saturated rings. The number of fused-ring (bicyclic) bond motifs is 1. The predicted octanol–water partition coefficient (Wildman–Crippen LogP) is 3.81. The van der Waals surface area contributed by atoms with Crippen LogP contribution in [0, 0.1) is 0 Å². The van der Waals surface area contributed by atoms with Crippen molar-refractivity contribution in [2.75, 3.05) is 25.6 Å². The number of anilines is 2. The molecule has 2 heterocycles. The molecule has 2 aliphatic rings. The second-order valence-corrected chi connectivity index (χ2v) is 6.20. The van der Waals surface area contributed by atoms with Crippen LogP contribution in [0.25, 0.3) is 5.57 Å². The predicted molar refractivity (Wildman–Crippen MR) is 95.4 cm³/mol. The summed E-state index contributed by atoms with van der Waals surface area (Å²) in [6.45, 7) is 1.01. The van der Waals surface area contributed by atoms with Crippen molar-refractivity contribution in [3.8, 4) is 5.75 Å². The fourth-order valence-corrected chi connectivity index (χ4v) is 3.61. The Morgan fingerprint density at radius 3 is 2.46 bits per heavy atom. The molecule has 0 radical (unpaired) electrons. The number of hydrogen-bond acceptors (Lipinski definition) is 3. The molecule has 0 spiro atoms. The van der Waals surface area contributed by atoms with Gasteiger partial charge in [0.2, 0.25) is 0 Å². The van der Waals surface area contributed by atoms with Crippen LogP contribution in [0.2, 0.25) is 0 Å². The van der Waals surface area contributed by atoms with Crippen LogP contribution in [0.5, 0.6) is 5.75 Å². The largest absolute Gasteiger partial charge is 0.497 e. The van der Waals surface area contributed by atoms with Gasteiger partial charge in [-0.1, -0.05) is 18.2 Å².